The number of aryl methyl sites for hydroxylation is 1. The molecule has 2 aromatic rings. The Bertz CT molecular complexity index is 693. The van der Waals surface area contributed by atoms with Gasteiger partial charge in [-0.05, 0) is 25.1 Å². The van der Waals surface area contributed by atoms with Gasteiger partial charge in [-0.3, -0.25) is 4.79 Å². The van der Waals surface area contributed by atoms with Crippen LogP contribution in [0, 0.1) is 6.92 Å². The number of nitrogens with zero attached hydrogens (tertiary/aromatic N) is 2. The minimum absolute atomic E-state index is 0.135. The van der Waals surface area contributed by atoms with Crippen molar-refractivity contribution in [2.24, 2.45) is 0 Å². The number of carbonyl (C=O) groups excluding carboxylic acids is 1. The highest BCUT2D eigenvalue weighted by molar-refractivity contribution is 6.37. The van der Waals surface area contributed by atoms with Crippen molar-refractivity contribution in [3.8, 4) is 5.88 Å². The summed E-state index contributed by atoms with van der Waals surface area (Å²) in [6.45, 7) is 5.53. The Hall–Kier alpha value is -1.78. The highest BCUT2D eigenvalue weighted by Crippen LogP contribution is 2.28. The minimum atomic E-state index is -0.392. The second-order valence-electron chi connectivity index (χ2n) is 4.21. The van der Waals surface area contributed by atoms with Gasteiger partial charge in [-0.15, -0.1) is 6.58 Å². The Labute approximate surface area is 126 Å². The van der Waals surface area contributed by atoms with Gasteiger partial charge < -0.3 is 5.11 Å². The Morgan fingerprint density at radius 1 is 1.50 bits per heavy atom. The molecule has 1 N–H and O–H groups in total. The van der Waals surface area contributed by atoms with E-state index in [0.29, 0.717) is 17.3 Å². The topological polar surface area (TPSA) is 55.1 Å². The van der Waals surface area contributed by atoms with Gasteiger partial charge in [-0.25, -0.2) is 4.68 Å². The van der Waals surface area contributed by atoms with E-state index in [1.165, 1.54) is 16.8 Å². The van der Waals surface area contributed by atoms with Crippen LogP contribution in [-0.2, 0) is 6.54 Å². The number of carbonyl (C=O) groups is 1. The molecule has 0 bridgehead atoms. The Kier molecular flexibility index (Phi) is 4.16. The summed E-state index contributed by atoms with van der Waals surface area (Å²) in [5.41, 5.74) is 0.837. The molecular weight excluding hydrogens is 299 g/mol. The first-order valence-corrected chi connectivity index (χ1v) is 6.58. The summed E-state index contributed by atoms with van der Waals surface area (Å²) in [6.07, 6.45) is 1.58. The molecule has 0 fully saturated rings. The molecule has 20 heavy (non-hydrogen) atoms. The summed E-state index contributed by atoms with van der Waals surface area (Å²) in [5.74, 6) is -0.588. The fourth-order valence-electron chi connectivity index (χ4n) is 1.89. The third-order valence-corrected chi connectivity index (χ3v) is 3.35. The molecule has 0 unspecified atom stereocenters. The van der Waals surface area contributed by atoms with Crippen molar-refractivity contribution in [2.45, 2.75) is 13.5 Å². The summed E-state index contributed by atoms with van der Waals surface area (Å²) in [6, 6.07) is 4.58. The second-order valence-corrected chi connectivity index (χ2v) is 5.05. The lowest BCUT2D eigenvalue weighted by Crippen LogP contribution is -2.03. The third-order valence-electron chi connectivity index (χ3n) is 2.81. The van der Waals surface area contributed by atoms with E-state index in [9.17, 15) is 9.90 Å². The number of allylic oxidation sites excluding steroid dienone is 1. The molecule has 104 valence electrons. The molecule has 2 rings (SSSR count). The van der Waals surface area contributed by atoms with Gasteiger partial charge in [-0.2, -0.15) is 5.10 Å². The predicted octanol–water partition coefficient (Wildman–Crippen LogP) is 3.62. The first kappa shape index (κ1) is 14.6. The van der Waals surface area contributed by atoms with E-state index in [0.717, 1.165) is 0 Å². The fourth-order valence-corrected chi connectivity index (χ4v) is 2.39. The smallest absolute Gasteiger partial charge is 0.221 e. The van der Waals surface area contributed by atoms with Gasteiger partial charge in [0.25, 0.3) is 0 Å². The van der Waals surface area contributed by atoms with Crippen molar-refractivity contribution in [1.29, 1.82) is 0 Å². The third kappa shape index (κ3) is 2.57. The van der Waals surface area contributed by atoms with Gasteiger partial charge in [-0.1, -0.05) is 29.3 Å². The van der Waals surface area contributed by atoms with E-state index >= 15 is 0 Å². The van der Waals surface area contributed by atoms with Crippen molar-refractivity contribution >= 4 is 29.0 Å². The van der Waals surface area contributed by atoms with Crippen molar-refractivity contribution in [1.82, 2.24) is 9.78 Å². The molecule has 0 saturated carbocycles. The lowest BCUT2D eigenvalue weighted by Gasteiger charge is -2.04. The molecule has 1 aromatic carbocycles. The first-order chi connectivity index (χ1) is 9.45. The van der Waals surface area contributed by atoms with E-state index in [-0.39, 0.29) is 22.0 Å². The molecular formula is C14H12Cl2N2O2. The van der Waals surface area contributed by atoms with Gasteiger partial charge in [0, 0.05) is 10.6 Å². The molecule has 0 aliphatic rings. The molecule has 0 saturated heterocycles. The van der Waals surface area contributed by atoms with Crippen LogP contribution in [0.5, 0.6) is 5.88 Å². The average Bonchev–Trinajstić information content (AvgIpc) is 2.64. The number of benzene rings is 1. The highest BCUT2D eigenvalue weighted by atomic mass is 35.5. The molecule has 6 heteroatoms. The van der Waals surface area contributed by atoms with E-state index in [4.69, 9.17) is 23.2 Å². The number of rotatable bonds is 4. The molecule has 1 aromatic heterocycles. The zero-order valence-electron chi connectivity index (χ0n) is 10.7. The van der Waals surface area contributed by atoms with Gasteiger partial charge in [0.2, 0.25) is 11.7 Å². The number of aromatic hydroxyl groups is 1. The van der Waals surface area contributed by atoms with Crippen LogP contribution in [0.15, 0.2) is 30.9 Å². The van der Waals surface area contributed by atoms with Crippen LogP contribution in [-0.4, -0.2) is 20.7 Å². The van der Waals surface area contributed by atoms with Crippen LogP contribution in [0.3, 0.4) is 0 Å². The summed E-state index contributed by atoms with van der Waals surface area (Å²) in [7, 11) is 0. The number of hydrogen-bond acceptors (Lipinski definition) is 3. The maximum absolute atomic E-state index is 12.5. The Balaban J connectivity index is 2.51. The Morgan fingerprint density at radius 3 is 2.80 bits per heavy atom. The van der Waals surface area contributed by atoms with Gasteiger partial charge in [0.1, 0.15) is 5.56 Å². The number of ketones is 1. The highest BCUT2D eigenvalue weighted by Gasteiger charge is 2.23. The van der Waals surface area contributed by atoms with Gasteiger partial charge in [0.15, 0.2) is 0 Å². The van der Waals surface area contributed by atoms with Crippen molar-refractivity contribution in [3.63, 3.8) is 0 Å². The largest absolute Gasteiger partial charge is 0.493 e. The fraction of sp³-hybridized carbons (Fsp3) is 0.143. The zero-order valence-corrected chi connectivity index (χ0v) is 12.2. The second kappa shape index (κ2) is 5.69. The lowest BCUT2D eigenvalue weighted by molar-refractivity contribution is 0.103. The number of halogens is 2. The molecule has 4 nitrogen and oxygen atoms in total. The van der Waals surface area contributed by atoms with Crippen LogP contribution in [0.4, 0.5) is 0 Å². The van der Waals surface area contributed by atoms with Gasteiger partial charge in [0.05, 0.1) is 17.3 Å². The van der Waals surface area contributed by atoms with E-state index in [2.05, 4.69) is 11.7 Å². The van der Waals surface area contributed by atoms with Crippen molar-refractivity contribution in [3.05, 3.63) is 57.7 Å². The van der Waals surface area contributed by atoms with E-state index < -0.39 is 5.78 Å². The van der Waals surface area contributed by atoms with Crippen LogP contribution >= 0.6 is 23.2 Å². The minimum Gasteiger partial charge on any atom is -0.493 e. The summed E-state index contributed by atoms with van der Waals surface area (Å²) >= 11 is 11.8. The standard InChI is InChI=1S/C14H12Cl2N2O2/c1-3-6-18-14(20)12(8(2)17-18)13(19)10-5-4-9(15)7-11(10)16/h3-5,7,20H,1,6H2,2H3. The quantitative estimate of drug-likeness (QED) is 0.693. The molecule has 0 amide bonds. The normalized spacial score (nSPS) is 10.6. The predicted molar refractivity (Wildman–Crippen MR) is 78.7 cm³/mol. The zero-order chi connectivity index (χ0) is 14.9. The lowest BCUT2D eigenvalue weighted by atomic mass is 10.0. The molecule has 0 aliphatic carbocycles. The van der Waals surface area contributed by atoms with Crippen molar-refractivity contribution in [2.75, 3.05) is 0 Å². The van der Waals surface area contributed by atoms with Crippen LogP contribution in [0.2, 0.25) is 10.0 Å². The van der Waals surface area contributed by atoms with Crippen LogP contribution < -0.4 is 0 Å². The van der Waals surface area contributed by atoms with E-state index in [1.807, 2.05) is 0 Å². The summed E-state index contributed by atoms with van der Waals surface area (Å²) in [5, 5.41) is 14.9. The van der Waals surface area contributed by atoms with Gasteiger partial charge >= 0.3 is 0 Å². The molecule has 1 heterocycles. The van der Waals surface area contributed by atoms with Crippen LogP contribution in [0.25, 0.3) is 0 Å². The molecule has 0 spiro atoms. The number of aromatic nitrogens is 2. The monoisotopic (exact) mass is 310 g/mol. The summed E-state index contributed by atoms with van der Waals surface area (Å²) < 4.78 is 1.30. The average molecular weight is 311 g/mol. The molecule has 0 atom stereocenters. The van der Waals surface area contributed by atoms with Crippen LogP contribution in [0.1, 0.15) is 21.6 Å². The SMILES string of the molecule is C=CCn1nc(C)c(C(=O)c2ccc(Cl)cc2Cl)c1O. The maximum atomic E-state index is 12.5. The van der Waals surface area contributed by atoms with Crippen molar-refractivity contribution < 1.29 is 9.90 Å². The Morgan fingerprint density at radius 2 is 2.20 bits per heavy atom. The van der Waals surface area contributed by atoms with E-state index in [1.54, 1.807) is 19.1 Å². The molecule has 0 aliphatic heterocycles. The summed E-state index contributed by atoms with van der Waals surface area (Å²) in [4.78, 5) is 12.5. The maximum Gasteiger partial charge on any atom is 0.221 e. The molecule has 0 radical (unpaired) electrons. The number of hydrogen-bond donors (Lipinski definition) is 1. The first-order valence-electron chi connectivity index (χ1n) is 5.82.